The van der Waals surface area contributed by atoms with Crippen LogP contribution in [-0.4, -0.2) is 32.4 Å². The molecule has 0 aliphatic carbocycles. The molecular formula is C10H10N4O3. The summed E-state index contributed by atoms with van der Waals surface area (Å²) in [6.07, 6.45) is 1.31. The summed E-state index contributed by atoms with van der Waals surface area (Å²) in [5.74, 6) is 0.672. The molecule has 88 valence electrons. The topological polar surface area (TPSA) is 101 Å². The minimum atomic E-state index is -0.393. The molecule has 0 saturated carbocycles. The van der Waals surface area contributed by atoms with Gasteiger partial charge in [-0.25, -0.2) is 4.98 Å². The van der Waals surface area contributed by atoms with Crippen LogP contribution in [0.4, 0.5) is 0 Å². The lowest BCUT2D eigenvalue weighted by Crippen LogP contribution is -2.14. The van der Waals surface area contributed by atoms with E-state index in [-0.39, 0.29) is 12.2 Å². The van der Waals surface area contributed by atoms with E-state index in [9.17, 15) is 4.79 Å². The highest BCUT2D eigenvalue weighted by molar-refractivity contribution is 5.47. The molecule has 0 saturated heterocycles. The van der Waals surface area contributed by atoms with Crippen LogP contribution < -0.4 is 10.3 Å². The van der Waals surface area contributed by atoms with Crippen molar-refractivity contribution in [2.45, 2.75) is 6.61 Å². The number of hydrogen-bond acceptors (Lipinski definition) is 6. The van der Waals surface area contributed by atoms with Crippen LogP contribution in [-0.2, 0) is 6.61 Å². The highest BCUT2D eigenvalue weighted by Gasteiger charge is 2.06. The summed E-state index contributed by atoms with van der Waals surface area (Å²) in [6, 6.07) is 3.24. The average Bonchev–Trinajstić information content (AvgIpc) is 2.39. The number of H-pyrrole nitrogens is 1. The van der Waals surface area contributed by atoms with E-state index in [1.54, 1.807) is 12.1 Å². The molecule has 0 aromatic carbocycles. The molecule has 7 heteroatoms. The van der Waals surface area contributed by atoms with Crippen LogP contribution >= 0.6 is 0 Å². The smallest absolute Gasteiger partial charge is 0.256 e. The quantitative estimate of drug-likeness (QED) is 0.758. The van der Waals surface area contributed by atoms with Crippen molar-refractivity contribution in [1.82, 2.24) is 20.2 Å². The van der Waals surface area contributed by atoms with Crippen LogP contribution in [0.1, 0.15) is 5.56 Å². The maximum Gasteiger partial charge on any atom is 0.256 e. The molecule has 2 heterocycles. The molecule has 0 amide bonds. The van der Waals surface area contributed by atoms with Crippen molar-refractivity contribution < 1.29 is 9.84 Å². The van der Waals surface area contributed by atoms with Gasteiger partial charge in [-0.05, 0) is 6.07 Å². The second kappa shape index (κ2) is 4.71. The molecule has 2 rings (SSSR count). The maximum atomic E-state index is 11.4. The van der Waals surface area contributed by atoms with Gasteiger partial charge >= 0.3 is 0 Å². The number of aliphatic hydroxyl groups is 1. The zero-order chi connectivity index (χ0) is 12.3. The molecule has 0 aliphatic heterocycles. The van der Waals surface area contributed by atoms with Gasteiger partial charge in [-0.2, -0.15) is 0 Å². The van der Waals surface area contributed by atoms with Gasteiger partial charge in [0.25, 0.3) is 5.56 Å². The molecule has 7 nitrogen and oxygen atoms in total. The van der Waals surface area contributed by atoms with Gasteiger partial charge in [0.15, 0.2) is 5.82 Å². The lowest BCUT2D eigenvalue weighted by molar-refractivity contribution is 0.279. The molecule has 0 aliphatic rings. The van der Waals surface area contributed by atoms with Gasteiger partial charge < -0.3 is 14.8 Å². The fourth-order valence-corrected chi connectivity index (χ4v) is 1.22. The minimum Gasteiger partial charge on any atom is -0.480 e. The van der Waals surface area contributed by atoms with Gasteiger partial charge in [0.1, 0.15) is 5.69 Å². The Hall–Kier alpha value is -2.28. The number of hydrogen-bond donors (Lipinski definition) is 2. The summed E-state index contributed by atoms with van der Waals surface area (Å²) in [7, 11) is 1.49. The van der Waals surface area contributed by atoms with E-state index in [4.69, 9.17) is 9.84 Å². The first-order chi connectivity index (χ1) is 8.24. The van der Waals surface area contributed by atoms with Crippen LogP contribution in [0.2, 0.25) is 0 Å². The lowest BCUT2D eigenvalue weighted by atomic mass is 10.3. The third-order valence-electron chi connectivity index (χ3n) is 2.14. The van der Waals surface area contributed by atoms with Crippen LogP contribution in [0.3, 0.4) is 0 Å². The monoisotopic (exact) mass is 234 g/mol. The molecular weight excluding hydrogens is 224 g/mol. The van der Waals surface area contributed by atoms with Gasteiger partial charge in [0.05, 0.1) is 19.3 Å². The van der Waals surface area contributed by atoms with Gasteiger partial charge in [-0.1, -0.05) is 0 Å². The summed E-state index contributed by atoms with van der Waals surface area (Å²) >= 11 is 0. The van der Waals surface area contributed by atoms with Crippen molar-refractivity contribution >= 4 is 0 Å². The van der Waals surface area contributed by atoms with Crippen molar-refractivity contribution in [1.29, 1.82) is 0 Å². The van der Waals surface area contributed by atoms with E-state index in [1.807, 2.05) is 0 Å². The van der Waals surface area contributed by atoms with Crippen molar-refractivity contribution in [2.75, 3.05) is 7.11 Å². The third-order valence-corrected chi connectivity index (χ3v) is 2.14. The highest BCUT2D eigenvalue weighted by Crippen LogP contribution is 2.11. The number of nitrogens with zero attached hydrogens (tertiary/aromatic N) is 3. The normalized spacial score (nSPS) is 10.2. The van der Waals surface area contributed by atoms with Crippen LogP contribution in [0.5, 0.6) is 5.88 Å². The molecule has 2 aromatic rings. The van der Waals surface area contributed by atoms with Crippen LogP contribution in [0.25, 0.3) is 11.5 Å². The van der Waals surface area contributed by atoms with E-state index in [2.05, 4.69) is 20.2 Å². The maximum absolute atomic E-state index is 11.4. The Kier molecular flexibility index (Phi) is 3.10. The van der Waals surface area contributed by atoms with Crippen molar-refractivity contribution in [2.24, 2.45) is 0 Å². The van der Waals surface area contributed by atoms with Gasteiger partial charge in [0, 0.05) is 12.3 Å². The Balaban J connectivity index is 2.39. The summed E-state index contributed by atoms with van der Waals surface area (Å²) in [5.41, 5.74) is 0.234. The van der Waals surface area contributed by atoms with Crippen molar-refractivity contribution in [3.05, 3.63) is 34.2 Å². The SMILES string of the molecule is COc1ccc(-c2ncc(CO)c(=O)[nH]2)nn1. The second-order valence-corrected chi connectivity index (χ2v) is 3.21. The Labute approximate surface area is 96.1 Å². The summed E-state index contributed by atoms with van der Waals surface area (Å²) < 4.78 is 4.87. The zero-order valence-corrected chi connectivity index (χ0v) is 9.04. The lowest BCUT2D eigenvalue weighted by Gasteiger charge is -2.01. The molecule has 2 aromatic heterocycles. The highest BCUT2D eigenvalue weighted by atomic mass is 16.5. The molecule has 0 unspecified atom stereocenters. The fraction of sp³-hybridized carbons (Fsp3) is 0.200. The van der Waals surface area contributed by atoms with Crippen molar-refractivity contribution in [3.63, 3.8) is 0 Å². The largest absolute Gasteiger partial charge is 0.480 e. The molecule has 0 spiro atoms. The molecule has 0 atom stereocenters. The fourth-order valence-electron chi connectivity index (χ4n) is 1.22. The molecule has 0 radical (unpaired) electrons. The Morgan fingerprint density at radius 1 is 1.41 bits per heavy atom. The minimum absolute atomic E-state index is 0.204. The first-order valence-electron chi connectivity index (χ1n) is 4.81. The second-order valence-electron chi connectivity index (χ2n) is 3.21. The summed E-state index contributed by atoms with van der Waals surface area (Å²) in [6.45, 7) is -0.350. The molecule has 17 heavy (non-hydrogen) atoms. The Morgan fingerprint density at radius 2 is 2.24 bits per heavy atom. The Bertz CT molecular complexity index is 565. The first kappa shape index (κ1) is 11.2. The number of aromatic nitrogens is 4. The van der Waals surface area contributed by atoms with E-state index in [1.165, 1.54) is 13.3 Å². The van der Waals surface area contributed by atoms with Crippen LogP contribution in [0.15, 0.2) is 23.1 Å². The number of nitrogens with one attached hydrogen (secondary N) is 1. The Morgan fingerprint density at radius 3 is 2.76 bits per heavy atom. The zero-order valence-electron chi connectivity index (χ0n) is 9.04. The predicted octanol–water partition coefficient (Wildman–Crippen LogP) is -0.272. The van der Waals surface area contributed by atoms with Gasteiger partial charge in [0.2, 0.25) is 5.88 Å². The summed E-state index contributed by atoms with van der Waals surface area (Å²) in [4.78, 5) is 17.9. The standard InChI is InChI=1S/C10H10N4O3/c1-17-8-3-2-7(13-14-8)9-11-4-6(5-15)10(16)12-9/h2-4,15H,5H2,1H3,(H,11,12,16). The van der Waals surface area contributed by atoms with Gasteiger partial charge in [-0.15, -0.1) is 10.2 Å². The van der Waals surface area contributed by atoms with E-state index in [0.717, 1.165) is 0 Å². The number of ether oxygens (including phenoxy) is 1. The van der Waals surface area contributed by atoms with Crippen LogP contribution in [0, 0.1) is 0 Å². The third kappa shape index (κ3) is 2.28. The first-order valence-corrected chi connectivity index (χ1v) is 4.81. The number of aromatic amines is 1. The molecule has 2 N–H and O–H groups in total. The predicted molar refractivity (Wildman–Crippen MR) is 58.4 cm³/mol. The van der Waals surface area contributed by atoms with Gasteiger partial charge in [-0.3, -0.25) is 4.79 Å². The van der Waals surface area contributed by atoms with Crippen molar-refractivity contribution in [3.8, 4) is 17.4 Å². The van der Waals surface area contributed by atoms with E-state index < -0.39 is 5.56 Å². The number of methoxy groups -OCH3 is 1. The van der Waals surface area contributed by atoms with E-state index >= 15 is 0 Å². The molecule has 0 fully saturated rings. The average molecular weight is 234 g/mol. The van der Waals surface area contributed by atoms with E-state index in [0.29, 0.717) is 17.4 Å². The number of rotatable bonds is 3. The summed E-state index contributed by atoms with van der Waals surface area (Å²) in [5, 5.41) is 16.5. The number of aliphatic hydroxyl groups excluding tert-OH is 1. The molecule has 0 bridgehead atoms.